The van der Waals surface area contributed by atoms with Crippen LogP contribution in [-0.2, 0) is 40.7 Å². The molecule has 8 bridgehead atoms. The molecule has 0 amide bonds. The van der Waals surface area contributed by atoms with E-state index >= 15 is 0 Å². The van der Waals surface area contributed by atoms with Crippen molar-refractivity contribution in [1.82, 2.24) is 18.9 Å². The summed E-state index contributed by atoms with van der Waals surface area (Å²) in [5.74, 6) is 0. The molecular weight excluding hydrogens is 761 g/mol. The standard InChI is InChI=1S/C32H22N4O12S4/c37-49(38,39)30-21-12-11-20(33-21)17-26-27(18-7-3-1-4-8-18)28(19-9-5-2-6-10-19)29(36(26)52(46,47)48)32(51(43,44)45)25-16-15-24(35-25)31(50(40,41)42)23-14-13-22(30)34-23/h1-17,33H,(H,37,38,39)(H,40,41,42)(H,43,44,45)(H,46,47,48). The van der Waals surface area contributed by atoms with E-state index < -0.39 is 89.2 Å². The Balaban J connectivity index is 1.93. The Labute approximate surface area is 295 Å². The number of fused-ring (bicyclic) bond motifs is 8. The largest absolute Gasteiger partial charge is 0.364 e. The van der Waals surface area contributed by atoms with Gasteiger partial charge in [0.2, 0.25) is 0 Å². The van der Waals surface area contributed by atoms with Crippen LogP contribution >= 0.6 is 0 Å². The summed E-state index contributed by atoms with van der Waals surface area (Å²) in [6.45, 7) is 0. The van der Waals surface area contributed by atoms with E-state index in [1.54, 1.807) is 48.5 Å². The SMILES string of the molecule is O=S(=O)(O)c1c2nc(c(S(=O)(=O)O)c3ccc(cc4c(-c5ccccc5)c(-c5ccccc5)c(c(S(=O)(=O)O)c5nc1C=C5)n4S(=O)(=O)O)[nH]3)C=C2. The minimum absolute atomic E-state index is 0.00101. The number of benzene rings is 2. The van der Waals surface area contributed by atoms with Crippen molar-refractivity contribution in [2.75, 3.05) is 0 Å². The van der Waals surface area contributed by atoms with Crippen molar-refractivity contribution in [1.29, 1.82) is 0 Å². The first-order valence-corrected chi connectivity index (χ1v) is 20.3. The van der Waals surface area contributed by atoms with E-state index in [-0.39, 0.29) is 37.3 Å². The molecule has 52 heavy (non-hydrogen) atoms. The zero-order chi connectivity index (χ0) is 37.4. The number of aromatic amines is 1. The first-order valence-electron chi connectivity index (χ1n) is 14.6. The van der Waals surface area contributed by atoms with Crippen LogP contribution in [-0.4, -0.2) is 70.8 Å². The molecule has 0 saturated carbocycles. The third-order valence-electron chi connectivity index (χ3n) is 7.97. The van der Waals surface area contributed by atoms with Crippen molar-refractivity contribution in [2.24, 2.45) is 0 Å². The molecule has 7 rings (SSSR count). The number of hydrogen-bond acceptors (Lipinski definition) is 10. The Morgan fingerprint density at radius 2 is 0.962 bits per heavy atom. The Bertz CT molecular complexity index is 3050. The molecule has 20 heteroatoms. The highest BCUT2D eigenvalue weighted by Gasteiger charge is 2.33. The van der Waals surface area contributed by atoms with Crippen LogP contribution in [0.25, 0.3) is 68.6 Å². The molecule has 2 aliphatic rings. The molecule has 266 valence electrons. The lowest BCUT2D eigenvalue weighted by Crippen LogP contribution is -2.13. The molecule has 5 aromatic rings. The molecule has 0 atom stereocenters. The van der Waals surface area contributed by atoms with Gasteiger partial charge in [-0.2, -0.15) is 33.7 Å². The van der Waals surface area contributed by atoms with Gasteiger partial charge in [0.1, 0.15) is 14.7 Å². The van der Waals surface area contributed by atoms with Gasteiger partial charge in [-0.15, -0.1) is 0 Å². The lowest BCUT2D eigenvalue weighted by atomic mass is 9.96. The minimum atomic E-state index is -5.55. The molecule has 0 aliphatic carbocycles. The zero-order valence-corrected chi connectivity index (χ0v) is 29.1. The maximum Gasteiger partial charge on any atom is 0.364 e. The Morgan fingerprint density at radius 1 is 0.519 bits per heavy atom. The third-order valence-corrected chi connectivity index (χ3v) is 11.6. The molecule has 2 aliphatic heterocycles. The fraction of sp³-hybridized carbons (Fsp3) is 0. The second-order valence-electron chi connectivity index (χ2n) is 11.3. The number of aromatic nitrogens is 4. The van der Waals surface area contributed by atoms with Gasteiger partial charge < -0.3 is 4.98 Å². The smallest absolute Gasteiger partial charge is 0.354 e. The third kappa shape index (κ3) is 6.16. The van der Waals surface area contributed by atoms with Crippen LogP contribution < -0.4 is 0 Å². The van der Waals surface area contributed by atoms with Crippen molar-refractivity contribution in [3.63, 3.8) is 0 Å². The number of hydrogen-bond donors (Lipinski definition) is 5. The van der Waals surface area contributed by atoms with Crippen LogP contribution in [0.4, 0.5) is 0 Å². The molecule has 2 aromatic carbocycles. The summed E-state index contributed by atoms with van der Waals surface area (Å²) in [7, 11) is -21.5. The number of rotatable bonds is 6. The highest BCUT2D eigenvalue weighted by atomic mass is 32.2. The van der Waals surface area contributed by atoms with Crippen LogP contribution in [0.5, 0.6) is 0 Å². The van der Waals surface area contributed by atoms with E-state index in [0.717, 1.165) is 30.4 Å². The first-order chi connectivity index (χ1) is 24.3. The van der Waals surface area contributed by atoms with E-state index in [4.69, 9.17) is 0 Å². The van der Waals surface area contributed by atoms with Gasteiger partial charge in [0, 0.05) is 16.6 Å². The van der Waals surface area contributed by atoms with Crippen LogP contribution in [0.1, 0.15) is 22.8 Å². The van der Waals surface area contributed by atoms with E-state index in [2.05, 4.69) is 15.0 Å². The van der Waals surface area contributed by atoms with Crippen LogP contribution in [0.3, 0.4) is 0 Å². The fourth-order valence-electron chi connectivity index (χ4n) is 6.12. The van der Waals surface area contributed by atoms with E-state index in [1.165, 1.54) is 24.3 Å². The fourth-order valence-corrected chi connectivity index (χ4v) is 9.33. The van der Waals surface area contributed by atoms with Gasteiger partial charge in [-0.1, -0.05) is 60.7 Å². The van der Waals surface area contributed by atoms with Crippen LogP contribution in [0.2, 0.25) is 0 Å². The average Bonchev–Trinajstić information content (AvgIpc) is 3.84. The summed E-state index contributed by atoms with van der Waals surface area (Å²) < 4.78 is 148. The lowest BCUT2D eigenvalue weighted by Gasteiger charge is -2.09. The summed E-state index contributed by atoms with van der Waals surface area (Å²) in [6.07, 6.45) is 3.86. The highest BCUT2D eigenvalue weighted by molar-refractivity contribution is 7.87. The molecule has 0 fully saturated rings. The van der Waals surface area contributed by atoms with Gasteiger partial charge in [-0.25, -0.2) is 13.9 Å². The van der Waals surface area contributed by atoms with Gasteiger partial charge in [0.25, 0.3) is 30.4 Å². The van der Waals surface area contributed by atoms with Crippen molar-refractivity contribution in [3.05, 3.63) is 102 Å². The molecule has 0 spiro atoms. The summed E-state index contributed by atoms with van der Waals surface area (Å²) >= 11 is 0. The number of nitrogens with one attached hydrogen (secondary N) is 1. The molecule has 0 radical (unpaired) electrons. The van der Waals surface area contributed by atoms with Crippen molar-refractivity contribution in [3.8, 4) is 22.3 Å². The second kappa shape index (κ2) is 12.1. The normalized spacial score (nSPS) is 13.5. The molecule has 0 unspecified atom stereocenters. The Kier molecular flexibility index (Phi) is 8.19. The van der Waals surface area contributed by atoms with E-state index in [0.29, 0.717) is 0 Å². The summed E-state index contributed by atoms with van der Waals surface area (Å²) in [4.78, 5) is 7.76. The van der Waals surface area contributed by atoms with Gasteiger partial charge in [-0.05, 0) is 53.6 Å². The van der Waals surface area contributed by atoms with Gasteiger partial charge in [0.15, 0.2) is 0 Å². The van der Waals surface area contributed by atoms with Crippen LogP contribution in [0.15, 0.2) is 93.5 Å². The minimum Gasteiger partial charge on any atom is -0.354 e. The summed E-state index contributed by atoms with van der Waals surface area (Å²) in [5.41, 5.74) is -3.73. The lowest BCUT2D eigenvalue weighted by molar-refractivity contribution is 0.474. The summed E-state index contributed by atoms with van der Waals surface area (Å²) in [5, 5.41) is 0. The number of nitrogens with zero attached hydrogens (tertiary/aromatic N) is 3. The maximum atomic E-state index is 13.5. The molecule has 16 nitrogen and oxygen atoms in total. The van der Waals surface area contributed by atoms with Crippen LogP contribution in [0, 0.1) is 0 Å². The topological polar surface area (TPSA) is 264 Å². The second-order valence-corrected chi connectivity index (χ2v) is 16.6. The number of H-pyrrole nitrogens is 1. The zero-order valence-electron chi connectivity index (χ0n) is 25.8. The van der Waals surface area contributed by atoms with Gasteiger partial charge in [0.05, 0.1) is 39.3 Å². The molecule has 0 saturated heterocycles. The average molecular weight is 783 g/mol. The predicted octanol–water partition coefficient (Wildman–Crippen LogP) is 4.85. The van der Waals surface area contributed by atoms with Crippen molar-refractivity contribution >= 4 is 87.0 Å². The monoisotopic (exact) mass is 782 g/mol. The van der Waals surface area contributed by atoms with Crippen molar-refractivity contribution < 1.29 is 51.9 Å². The van der Waals surface area contributed by atoms with Gasteiger partial charge >= 0.3 is 10.3 Å². The van der Waals surface area contributed by atoms with E-state index in [9.17, 15) is 51.9 Å². The predicted molar refractivity (Wildman–Crippen MR) is 190 cm³/mol. The molecule has 3 aromatic heterocycles. The molecule has 5 N–H and O–H groups in total. The molecule has 5 heterocycles. The van der Waals surface area contributed by atoms with Crippen molar-refractivity contribution in [2.45, 2.75) is 14.7 Å². The quantitative estimate of drug-likeness (QED) is 0.141. The van der Waals surface area contributed by atoms with Gasteiger partial charge in [-0.3, -0.25) is 18.2 Å². The maximum absolute atomic E-state index is 13.5. The molecular formula is C32H22N4O12S4. The summed E-state index contributed by atoms with van der Waals surface area (Å²) in [6, 6.07) is 19.3. The Hall–Kier alpha value is -5.32. The first kappa shape index (κ1) is 35.1. The highest BCUT2D eigenvalue weighted by Crippen LogP contribution is 2.45. The Morgan fingerprint density at radius 3 is 1.42 bits per heavy atom. The van der Waals surface area contributed by atoms with E-state index in [1.807, 2.05) is 0 Å².